The molecule has 0 atom stereocenters. The highest BCUT2D eigenvalue weighted by atomic mass is 19.4. The van der Waals surface area contributed by atoms with Crippen LogP contribution in [-0.4, -0.2) is 33.2 Å². The summed E-state index contributed by atoms with van der Waals surface area (Å²) in [7, 11) is 0. The third-order valence-electron chi connectivity index (χ3n) is 5.77. The van der Waals surface area contributed by atoms with Gasteiger partial charge < -0.3 is 25.2 Å². The molecule has 0 spiro atoms. The van der Waals surface area contributed by atoms with Crippen LogP contribution in [0.25, 0.3) is 33.2 Å². The number of para-hydroxylation sites is 1. The molecule has 0 unspecified atom stereocenters. The maximum Gasteiger partial charge on any atom is 0.430 e. The summed E-state index contributed by atoms with van der Waals surface area (Å²) in [4.78, 5) is 30.3. The number of unbranched alkanes of at least 4 members (excludes halogenated alkanes) is 2. The molecule has 0 radical (unpaired) electrons. The second-order valence-electron chi connectivity index (χ2n) is 8.29. The number of carbonyl (C=O) groups is 1. The number of hydrogen-bond donors (Lipinski definition) is 2. The van der Waals surface area contributed by atoms with Crippen molar-refractivity contribution >= 4 is 27.9 Å². The summed E-state index contributed by atoms with van der Waals surface area (Å²) in [6.45, 7) is 5.81. The molecule has 186 valence electrons. The van der Waals surface area contributed by atoms with E-state index in [1.54, 1.807) is 0 Å². The highest BCUT2D eigenvalue weighted by molar-refractivity contribution is 5.95. The van der Waals surface area contributed by atoms with Gasteiger partial charge in [0.15, 0.2) is 0 Å². The van der Waals surface area contributed by atoms with Gasteiger partial charge in [0.05, 0.1) is 17.6 Å². The molecule has 0 fully saturated rings. The van der Waals surface area contributed by atoms with Crippen molar-refractivity contribution in [2.75, 3.05) is 6.54 Å². The minimum atomic E-state index is -5.19. The lowest BCUT2D eigenvalue weighted by Crippen LogP contribution is -2.50. The van der Waals surface area contributed by atoms with E-state index in [1.165, 1.54) is 11.1 Å². The number of alkyl halides is 3. The van der Waals surface area contributed by atoms with Gasteiger partial charge in [0, 0.05) is 29.2 Å². The molecule has 0 amide bonds. The predicted octanol–water partition coefficient (Wildman–Crippen LogP) is 2.87. The molecule has 2 aromatic heterocycles. The van der Waals surface area contributed by atoms with Crippen LogP contribution >= 0.6 is 0 Å². The van der Waals surface area contributed by atoms with Gasteiger partial charge in [-0.05, 0) is 62.4 Å². The van der Waals surface area contributed by atoms with E-state index in [9.17, 15) is 18.0 Å². The van der Waals surface area contributed by atoms with Crippen LogP contribution in [0, 0.1) is 13.8 Å². The first-order chi connectivity index (χ1) is 16.5. The topological polar surface area (TPSA) is 118 Å². The molecule has 0 bridgehead atoms. The number of aromatic nitrogens is 3. The second kappa shape index (κ2) is 10.7. The summed E-state index contributed by atoms with van der Waals surface area (Å²) < 4.78 is 33.5. The summed E-state index contributed by atoms with van der Waals surface area (Å²) in [5, 5.41) is 9.81. The number of hydrogen-bond acceptors (Lipinski definition) is 4. The number of aliphatic carboxylic acids is 1. The third-order valence-corrected chi connectivity index (χ3v) is 5.77. The van der Waals surface area contributed by atoms with Crippen molar-refractivity contribution < 1.29 is 28.8 Å². The summed E-state index contributed by atoms with van der Waals surface area (Å²) in [6, 6.07) is 12.2. The average Bonchev–Trinajstić information content (AvgIpc) is 3.23. The van der Waals surface area contributed by atoms with E-state index >= 15 is 0 Å². The molecule has 4 N–H and O–H groups in total. The first-order valence-corrected chi connectivity index (χ1v) is 11.2. The van der Waals surface area contributed by atoms with Crippen molar-refractivity contribution in [3.63, 3.8) is 0 Å². The number of quaternary nitrogens is 1. The predicted molar refractivity (Wildman–Crippen MR) is 125 cm³/mol. The molecule has 2 heterocycles. The largest absolute Gasteiger partial charge is 0.542 e. The smallest absolute Gasteiger partial charge is 0.430 e. The summed E-state index contributed by atoms with van der Waals surface area (Å²) in [6.07, 6.45) is -0.165. The standard InChI is InChI=1S/C23H26N4O.C2HF3O2/c1-15-12-20-21(13-16(15)2)27(11-7-3-6-10-24)23(28)22(26-20)18-14-25-19-9-5-4-8-17(18)19;3-2(4,5)1(6)7/h4-5,8-9,12-14,25H,3,6-7,10-11,24H2,1-2H3;(H,6,7). The fourth-order valence-electron chi connectivity index (χ4n) is 3.79. The quantitative estimate of drug-likeness (QED) is 0.406. The molecule has 35 heavy (non-hydrogen) atoms. The number of benzene rings is 2. The maximum atomic E-state index is 13.5. The van der Waals surface area contributed by atoms with Gasteiger partial charge in [0.1, 0.15) is 11.7 Å². The summed E-state index contributed by atoms with van der Waals surface area (Å²) in [5.41, 5.74) is 10.5. The van der Waals surface area contributed by atoms with Gasteiger partial charge >= 0.3 is 6.18 Å². The zero-order valence-corrected chi connectivity index (χ0v) is 19.5. The van der Waals surface area contributed by atoms with Gasteiger partial charge in [-0.1, -0.05) is 18.2 Å². The van der Waals surface area contributed by atoms with Crippen molar-refractivity contribution in [3.8, 4) is 11.3 Å². The van der Waals surface area contributed by atoms with E-state index in [1.807, 2.05) is 35.0 Å². The lowest BCUT2D eigenvalue weighted by Gasteiger charge is -2.14. The van der Waals surface area contributed by atoms with E-state index in [-0.39, 0.29) is 5.56 Å². The van der Waals surface area contributed by atoms with Gasteiger partial charge in [0.25, 0.3) is 5.56 Å². The molecular formula is C25H27F3N4O3. The number of aryl methyl sites for hydroxylation is 3. The van der Waals surface area contributed by atoms with Crippen molar-refractivity contribution in [2.45, 2.75) is 45.8 Å². The molecule has 0 aliphatic carbocycles. The number of carboxylic acids is 1. The van der Waals surface area contributed by atoms with Crippen LogP contribution in [0.2, 0.25) is 0 Å². The Morgan fingerprint density at radius 2 is 1.77 bits per heavy atom. The van der Waals surface area contributed by atoms with E-state index < -0.39 is 12.1 Å². The normalized spacial score (nSPS) is 11.5. The third kappa shape index (κ3) is 5.89. The molecule has 0 aliphatic heterocycles. The number of carboxylic acid groups (broad SMARTS) is 1. The highest BCUT2D eigenvalue weighted by Gasteiger charge is 2.28. The minimum Gasteiger partial charge on any atom is -0.542 e. The van der Waals surface area contributed by atoms with Crippen molar-refractivity contribution in [1.82, 2.24) is 14.5 Å². The summed E-state index contributed by atoms with van der Waals surface area (Å²) in [5.74, 6) is -3.01. The lowest BCUT2D eigenvalue weighted by atomic mass is 10.1. The second-order valence-corrected chi connectivity index (χ2v) is 8.29. The Hall–Kier alpha value is -3.66. The Labute approximate surface area is 199 Å². The number of H-pyrrole nitrogens is 1. The molecule has 4 aromatic rings. The molecule has 0 saturated heterocycles. The van der Waals surface area contributed by atoms with Crippen molar-refractivity contribution in [2.24, 2.45) is 0 Å². The molecule has 0 aliphatic rings. The van der Waals surface area contributed by atoms with Crippen LogP contribution in [0.4, 0.5) is 13.2 Å². The Kier molecular flexibility index (Phi) is 7.96. The number of halogens is 3. The number of fused-ring (bicyclic) bond motifs is 2. The van der Waals surface area contributed by atoms with Crippen LogP contribution in [0.1, 0.15) is 30.4 Å². The van der Waals surface area contributed by atoms with Gasteiger partial charge in [-0.3, -0.25) is 4.79 Å². The zero-order chi connectivity index (χ0) is 25.8. The monoisotopic (exact) mass is 488 g/mol. The maximum absolute atomic E-state index is 13.5. The minimum absolute atomic E-state index is 0.0184. The van der Waals surface area contributed by atoms with E-state index in [0.717, 1.165) is 53.3 Å². The SMILES string of the molecule is Cc1cc2nc(-c3c[nH]c4ccccc34)c(=O)n(CCCCC[NH3+])c2cc1C.O=C([O-])C(F)(F)F. The van der Waals surface area contributed by atoms with Crippen LogP contribution < -0.4 is 16.4 Å². The number of rotatable bonds is 6. The molecule has 4 rings (SSSR count). The van der Waals surface area contributed by atoms with Crippen molar-refractivity contribution in [1.29, 1.82) is 0 Å². The van der Waals surface area contributed by atoms with Crippen molar-refractivity contribution in [3.05, 3.63) is 64.1 Å². The Bertz CT molecular complexity index is 1410. The van der Waals surface area contributed by atoms with Crippen LogP contribution in [-0.2, 0) is 11.3 Å². The van der Waals surface area contributed by atoms with Gasteiger partial charge in [-0.2, -0.15) is 13.2 Å². The van der Waals surface area contributed by atoms with Crippen LogP contribution in [0.3, 0.4) is 0 Å². The van der Waals surface area contributed by atoms with E-state index in [4.69, 9.17) is 14.9 Å². The fraction of sp³-hybridized carbons (Fsp3) is 0.320. The van der Waals surface area contributed by atoms with Gasteiger partial charge in [0.2, 0.25) is 0 Å². The molecular weight excluding hydrogens is 461 g/mol. The number of nitrogens with one attached hydrogen (secondary N) is 1. The number of nitrogens with zero attached hydrogens (tertiary/aromatic N) is 2. The fourth-order valence-corrected chi connectivity index (χ4v) is 3.79. The Balaban J connectivity index is 0.000000429. The Morgan fingerprint density at radius 1 is 1.11 bits per heavy atom. The Morgan fingerprint density at radius 3 is 2.43 bits per heavy atom. The summed E-state index contributed by atoms with van der Waals surface area (Å²) >= 11 is 0. The van der Waals surface area contributed by atoms with Gasteiger partial charge in [-0.15, -0.1) is 0 Å². The molecule has 0 saturated carbocycles. The number of aromatic amines is 1. The zero-order valence-electron chi connectivity index (χ0n) is 19.5. The molecule has 2 aromatic carbocycles. The first-order valence-electron chi connectivity index (χ1n) is 11.2. The van der Waals surface area contributed by atoms with Crippen LogP contribution in [0.15, 0.2) is 47.4 Å². The van der Waals surface area contributed by atoms with E-state index in [2.05, 4.69) is 36.7 Å². The van der Waals surface area contributed by atoms with Crippen LogP contribution in [0.5, 0.6) is 0 Å². The molecule has 10 heteroatoms. The van der Waals surface area contributed by atoms with Gasteiger partial charge in [-0.25, -0.2) is 4.98 Å². The highest BCUT2D eigenvalue weighted by Crippen LogP contribution is 2.27. The lowest BCUT2D eigenvalue weighted by molar-refractivity contribution is -0.368. The first kappa shape index (κ1) is 26.0. The van der Waals surface area contributed by atoms with E-state index in [0.29, 0.717) is 12.2 Å². The number of carbonyl (C=O) groups excluding carboxylic acids is 1. The average molecular weight is 489 g/mol. The molecule has 7 nitrogen and oxygen atoms in total.